The molecule has 20 heavy (non-hydrogen) atoms. The van der Waals surface area contributed by atoms with Gasteiger partial charge in [0, 0.05) is 29.5 Å². The maximum atomic E-state index is 13.3. The lowest BCUT2D eigenvalue weighted by atomic mass is 9.99. The standard InChI is InChI=1S/C16H13BrFNO/c17-14-3-10(4-15(18)7-14)5-16(20)11-1-2-12-8-19-9-13(12)6-11/h1-4,6-7,19H,5,8-9H2. The van der Waals surface area contributed by atoms with Crippen LogP contribution in [0, 0.1) is 5.82 Å². The second-order valence-electron chi connectivity index (χ2n) is 4.96. The van der Waals surface area contributed by atoms with Gasteiger partial charge in [-0.25, -0.2) is 4.39 Å². The monoisotopic (exact) mass is 333 g/mol. The van der Waals surface area contributed by atoms with Gasteiger partial charge in [0.2, 0.25) is 0 Å². The molecule has 0 unspecified atom stereocenters. The highest BCUT2D eigenvalue weighted by molar-refractivity contribution is 9.10. The van der Waals surface area contributed by atoms with Crippen LogP contribution in [0.1, 0.15) is 27.0 Å². The third-order valence-corrected chi connectivity index (χ3v) is 3.90. The highest BCUT2D eigenvalue weighted by atomic mass is 79.9. The lowest BCUT2D eigenvalue weighted by Crippen LogP contribution is -2.05. The summed E-state index contributed by atoms with van der Waals surface area (Å²) in [6.07, 6.45) is 0.211. The lowest BCUT2D eigenvalue weighted by Gasteiger charge is -2.05. The summed E-state index contributed by atoms with van der Waals surface area (Å²) in [5, 5.41) is 3.25. The van der Waals surface area contributed by atoms with Gasteiger partial charge in [-0.3, -0.25) is 4.79 Å². The van der Waals surface area contributed by atoms with Crippen LogP contribution < -0.4 is 5.32 Å². The predicted octanol–water partition coefficient (Wildman–Crippen LogP) is 3.62. The number of hydrogen-bond acceptors (Lipinski definition) is 2. The molecule has 0 aliphatic carbocycles. The normalized spacial score (nSPS) is 13.3. The van der Waals surface area contributed by atoms with Crippen molar-refractivity contribution in [2.75, 3.05) is 0 Å². The van der Waals surface area contributed by atoms with Crippen molar-refractivity contribution in [2.45, 2.75) is 19.5 Å². The van der Waals surface area contributed by atoms with E-state index >= 15 is 0 Å². The van der Waals surface area contributed by atoms with Crippen LogP contribution >= 0.6 is 15.9 Å². The Hall–Kier alpha value is -1.52. The number of benzene rings is 2. The van der Waals surface area contributed by atoms with E-state index in [1.165, 1.54) is 23.3 Å². The van der Waals surface area contributed by atoms with Crippen LogP contribution in [-0.2, 0) is 19.5 Å². The molecule has 1 aliphatic rings. The minimum Gasteiger partial charge on any atom is -0.309 e. The van der Waals surface area contributed by atoms with E-state index in [1.807, 2.05) is 18.2 Å². The van der Waals surface area contributed by atoms with E-state index in [2.05, 4.69) is 21.2 Å². The summed E-state index contributed by atoms with van der Waals surface area (Å²) in [6.45, 7) is 1.67. The van der Waals surface area contributed by atoms with Gasteiger partial charge in [-0.1, -0.05) is 28.1 Å². The van der Waals surface area contributed by atoms with Crippen molar-refractivity contribution in [1.82, 2.24) is 5.32 Å². The molecule has 2 nitrogen and oxygen atoms in total. The van der Waals surface area contributed by atoms with Crippen molar-refractivity contribution in [2.24, 2.45) is 0 Å². The topological polar surface area (TPSA) is 29.1 Å². The first-order valence-corrected chi connectivity index (χ1v) is 7.22. The SMILES string of the molecule is O=C(Cc1cc(F)cc(Br)c1)c1ccc2c(c1)CNC2. The Bertz CT molecular complexity index is 664. The summed E-state index contributed by atoms with van der Waals surface area (Å²) in [5.41, 5.74) is 3.79. The van der Waals surface area contributed by atoms with Crippen molar-refractivity contribution in [3.8, 4) is 0 Å². The van der Waals surface area contributed by atoms with Crippen molar-refractivity contribution in [3.63, 3.8) is 0 Å². The Labute approximate surface area is 125 Å². The largest absolute Gasteiger partial charge is 0.309 e. The molecular weight excluding hydrogens is 321 g/mol. The maximum absolute atomic E-state index is 13.3. The summed E-state index contributed by atoms with van der Waals surface area (Å²) in [4.78, 5) is 12.3. The van der Waals surface area contributed by atoms with Gasteiger partial charge in [-0.15, -0.1) is 0 Å². The van der Waals surface area contributed by atoms with Gasteiger partial charge in [0.1, 0.15) is 5.82 Å². The molecule has 3 rings (SSSR count). The summed E-state index contributed by atoms with van der Waals surface area (Å²) >= 11 is 3.24. The minimum atomic E-state index is -0.333. The maximum Gasteiger partial charge on any atom is 0.167 e. The molecule has 1 heterocycles. The van der Waals surface area contributed by atoms with Crippen LogP contribution in [0.5, 0.6) is 0 Å². The molecule has 1 N–H and O–H groups in total. The smallest absolute Gasteiger partial charge is 0.167 e. The molecule has 0 fully saturated rings. The first-order chi connectivity index (χ1) is 9.61. The van der Waals surface area contributed by atoms with Gasteiger partial charge in [0.15, 0.2) is 5.78 Å². The predicted molar refractivity (Wildman–Crippen MR) is 79.1 cm³/mol. The average molecular weight is 334 g/mol. The zero-order chi connectivity index (χ0) is 14.1. The molecule has 102 valence electrons. The average Bonchev–Trinajstić information content (AvgIpc) is 2.84. The van der Waals surface area contributed by atoms with E-state index in [0.29, 0.717) is 15.6 Å². The van der Waals surface area contributed by atoms with Crippen LogP contribution in [0.2, 0.25) is 0 Å². The zero-order valence-electron chi connectivity index (χ0n) is 10.7. The van der Waals surface area contributed by atoms with Crippen LogP contribution in [0.3, 0.4) is 0 Å². The van der Waals surface area contributed by atoms with Gasteiger partial charge in [0.05, 0.1) is 0 Å². The van der Waals surface area contributed by atoms with Crippen LogP contribution in [-0.4, -0.2) is 5.78 Å². The number of carbonyl (C=O) groups is 1. The Kier molecular flexibility index (Phi) is 3.68. The summed E-state index contributed by atoms with van der Waals surface area (Å²) < 4.78 is 14.0. The van der Waals surface area contributed by atoms with Crippen molar-refractivity contribution in [3.05, 3.63) is 68.9 Å². The quantitative estimate of drug-likeness (QED) is 0.869. The molecule has 0 aromatic heterocycles. The highest BCUT2D eigenvalue weighted by Crippen LogP contribution is 2.20. The van der Waals surface area contributed by atoms with Crippen LogP contribution in [0.15, 0.2) is 40.9 Å². The molecule has 0 radical (unpaired) electrons. The van der Waals surface area contributed by atoms with E-state index < -0.39 is 0 Å². The fourth-order valence-electron chi connectivity index (χ4n) is 2.47. The number of hydrogen-bond donors (Lipinski definition) is 1. The Morgan fingerprint density at radius 3 is 2.75 bits per heavy atom. The first-order valence-electron chi connectivity index (χ1n) is 6.42. The van der Waals surface area contributed by atoms with Crippen LogP contribution in [0.4, 0.5) is 4.39 Å². The molecule has 2 aromatic rings. The summed E-state index contributed by atoms with van der Waals surface area (Å²) in [7, 11) is 0. The number of fused-ring (bicyclic) bond motifs is 1. The molecule has 2 aromatic carbocycles. The Morgan fingerprint density at radius 1 is 1.15 bits per heavy atom. The Balaban J connectivity index is 1.82. The van der Waals surface area contributed by atoms with Crippen molar-refractivity contribution < 1.29 is 9.18 Å². The number of ketones is 1. The number of rotatable bonds is 3. The molecule has 0 bridgehead atoms. The van der Waals surface area contributed by atoms with Gasteiger partial charge >= 0.3 is 0 Å². The van der Waals surface area contributed by atoms with Crippen molar-refractivity contribution in [1.29, 1.82) is 0 Å². The van der Waals surface area contributed by atoms with Gasteiger partial charge in [-0.05, 0) is 41.0 Å². The van der Waals surface area contributed by atoms with Crippen LogP contribution in [0.25, 0.3) is 0 Å². The molecule has 0 saturated carbocycles. The fourth-order valence-corrected chi connectivity index (χ4v) is 2.98. The second kappa shape index (κ2) is 5.46. The number of carbonyl (C=O) groups excluding carboxylic acids is 1. The Morgan fingerprint density at radius 2 is 1.95 bits per heavy atom. The third-order valence-electron chi connectivity index (χ3n) is 3.45. The summed E-state index contributed by atoms with van der Waals surface area (Å²) in [5.74, 6) is -0.322. The lowest BCUT2D eigenvalue weighted by molar-refractivity contribution is 0.0993. The summed E-state index contributed by atoms with van der Waals surface area (Å²) in [6, 6.07) is 10.3. The molecule has 0 saturated heterocycles. The third kappa shape index (κ3) is 2.81. The van der Waals surface area contributed by atoms with Crippen molar-refractivity contribution >= 4 is 21.7 Å². The van der Waals surface area contributed by atoms with E-state index in [4.69, 9.17) is 0 Å². The minimum absolute atomic E-state index is 0.0113. The zero-order valence-corrected chi connectivity index (χ0v) is 12.3. The van der Waals surface area contributed by atoms with E-state index in [1.54, 1.807) is 6.07 Å². The molecule has 0 amide bonds. The first kappa shape index (κ1) is 13.5. The fraction of sp³-hybridized carbons (Fsp3) is 0.188. The van der Waals surface area contributed by atoms with Gasteiger partial charge < -0.3 is 5.32 Å². The van der Waals surface area contributed by atoms with E-state index in [-0.39, 0.29) is 18.0 Å². The van der Waals surface area contributed by atoms with Gasteiger partial charge in [-0.2, -0.15) is 0 Å². The number of Topliss-reactive ketones (excluding diaryl/α,β-unsaturated/α-hetero) is 1. The molecule has 0 spiro atoms. The molecule has 0 atom stereocenters. The molecule has 1 aliphatic heterocycles. The molecular formula is C16H13BrFNO. The second-order valence-corrected chi connectivity index (χ2v) is 5.88. The van der Waals surface area contributed by atoms with E-state index in [0.717, 1.165) is 13.1 Å². The highest BCUT2D eigenvalue weighted by Gasteiger charge is 2.14. The number of halogens is 2. The van der Waals surface area contributed by atoms with Gasteiger partial charge in [0.25, 0.3) is 0 Å². The number of nitrogens with one attached hydrogen (secondary N) is 1. The van der Waals surface area contributed by atoms with E-state index in [9.17, 15) is 9.18 Å². The molecule has 4 heteroatoms.